The molecule has 1 amide bonds. The standard InChI is InChI=1S/C17H15ClN4O5/c1-10(23)8-16(24)19-17-13(4-3-5-15(17)27-2)21-20-11-6-7-12(18)14(9-11)22(25)26/h3-7,9H,8H2,1-2H3,(H,19,24). The highest BCUT2D eigenvalue weighted by Crippen LogP contribution is 2.36. The smallest absolute Gasteiger partial charge is 0.290 e. The molecule has 9 nitrogen and oxygen atoms in total. The minimum absolute atomic E-state index is 0.0162. The first-order valence-electron chi connectivity index (χ1n) is 7.63. The lowest BCUT2D eigenvalue weighted by molar-refractivity contribution is -0.384. The molecular formula is C17H15ClN4O5. The molecule has 0 saturated carbocycles. The molecule has 2 rings (SSSR count). The molecule has 0 saturated heterocycles. The number of hydrogen-bond donors (Lipinski definition) is 1. The van der Waals surface area contributed by atoms with Crippen LogP contribution in [0.1, 0.15) is 13.3 Å². The fourth-order valence-electron chi connectivity index (χ4n) is 2.12. The van der Waals surface area contributed by atoms with Gasteiger partial charge in [0.25, 0.3) is 5.69 Å². The second kappa shape index (κ2) is 8.86. The maximum atomic E-state index is 11.9. The van der Waals surface area contributed by atoms with Gasteiger partial charge in [0, 0.05) is 6.07 Å². The third-order valence-corrected chi connectivity index (χ3v) is 3.62. The summed E-state index contributed by atoms with van der Waals surface area (Å²) in [5.41, 5.74) is 0.394. The summed E-state index contributed by atoms with van der Waals surface area (Å²) in [6, 6.07) is 8.80. The molecule has 140 valence electrons. The number of ether oxygens (including phenoxy) is 1. The molecule has 0 atom stereocenters. The second-order valence-corrected chi connectivity index (χ2v) is 5.78. The number of amides is 1. The average molecular weight is 391 g/mol. The number of para-hydroxylation sites is 1. The lowest BCUT2D eigenvalue weighted by Gasteiger charge is -2.11. The van der Waals surface area contributed by atoms with Gasteiger partial charge in [-0.25, -0.2) is 0 Å². The normalized spacial score (nSPS) is 10.6. The number of nitro groups is 1. The molecule has 0 aliphatic rings. The number of ketones is 1. The molecular weight excluding hydrogens is 376 g/mol. The van der Waals surface area contributed by atoms with Crippen molar-refractivity contribution in [2.24, 2.45) is 10.2 Å². The Morgan fingerprint density at radius 3 is 2.63 bits per heavy atom. The van der Waals surface area contributed by atoms with Crippen molar-refractivity contribution >= 4 is 46.0 Å². The van der Waals surface area contributed by atoms with Gasteiger partial charge in [0.05, 0.1) is 24.1 Å². The van der Waals surface area contributed by atoms with Crippen LogP contribution in [0.5, 0.6) is 5.75 Å². The van der Waals surface area contributed by atoms with Crippen LogP contribution in [0.25, 0.3) is 0 Å². The van der Waals surface area contributed by atoms with Gasteiger partial charge in [-0.2, -0.15) is 5.11 Å². The van der Waals surface area contributed by atoms with Crippen molar-refractivity contribution in [3.05, 3.63) is 51.5 Å². The lowest BCUT2D eigenvalue weighted by atomic mass is 10.2. The van der Waals surface area contributed by atoms with Crippen LogP contribution in [0.2, 0.25) is 5.02 Å². The molecule has 0 fully saturated rings. The van der Waals surface area contributed by atoms with Crippen molar-refractivity contribution in [1.29, 1.82) is 0 Å². The number of anilines is 1. The minimum Gasteiger partial charge on any atom is -0.494 e. The molecule has 2 aromatic carbocycles. The number of halogens is 1. The Morgan fingerprint density at radius 1 is 1.26 bits per heavy atom. The fraction of sp³-hybridized carbons (Fsp3) is 0.176. The van der Waals surface area contributed by atoms with E-state index in [1.807, 2.05) is 0 Å². The van der Waals surface area contributed by atoms with Gasteiger partial charge in [-0.3, -0.25) is 19.7 Å². The molecule has 1 N–H and O–H groups in total. The first-order valence-corrected chi connectivity index (χ1v) is 8.01. The number of hydrogen-bond acceptors (Lipinski definition) is 7. The number of nitrogens with one attached hydrogen (secondary N) is 1. The molecule has 10 heteroatoms. The largest absolute Gasteiger partial charge is 0.494 e. The van der Waals surface area contributed by atoms with E-state index in [0.717, 1.165) is 0 Å². The van der Waals surface area contributed by atoms with Crippen LogP contribution < -0.4 is 10.1 Å². The second-order valence-electron chi connectivity index (χ2n) is 5.37. The highest BCUT2D eigenvalue weighted by molar-refractivity contribution is 6.32. The van der Waals surface area contributed by atoms with Crippen molar-refractivity contribution < 1.29 is 19.2 Å². The molecule has 0 unspecified atom stereocenters. The molecule has 0 aromatic heterocycles. The van der Waals surface area contributed by atoms with Gasteiger partial charge >= 0.3 is 0 Å². The van der Waals surface area contributed by atoms with Crippen LogP contribution in [0.3, 0.4) is 0 Å². The van der Waals surface area contributed by atoms with E-state index in [0.29, 0.717) is 5.75 Å². The number of methoxy groups -OCH3 is 1. The van der Waals surface area contributed by atoms with Gasteiger partial charge in [0.2, 0.25) is 5.91 Å². The molecule has 0 aliphatic heterocycles. The molecule has 27 heavy (non-hydrogen) atoms. The molecule has 0 aliphatic carbocycles. The van der Waals surface area contributed by atoms with E-state index >= 15 is 0 Å². The van der Waals surface area contributed by atoms with Gasteiger partial charge < -0.3 is 10.1 Å². The van der Waals surface area contributed by atoms with Crippen LogP contribution in [-0.4, -0.2) is 23.7 Å². The van der Waals surface area contributed by atoms with Crippen LogP contribution in [0.4, 0.5) is 22.7 Å². The summed E-state index contributed by atoms with van der Waals surface area (Å²) in [6.45, 7) is 1.30. The van der Waals surface area contributed by atoms with E-state index in [4.69, 9.17) is 16.3 Å². The summed E-state index contributed by atoms with van der Waals surface area (Å²) >= 11 is 5.77. The zero-order chi connectivity index (χ0) is 20.0. The van der Waals surface area contributed by atoms with Gasteiger partial charge in [-0.1, -0.05) is 17.7 Å². The van der Waals surface area contributed by atoms with E-state index in [-0.39, 0.29) is 40.0 Å². The lowest BCUT2D eigenvalue weighted by Crippen LogP contribution is -2.15. The summed E-state index contributed by atoms with van der Waals surface area (Å²) in [6.07, 6.45) is -0.294. The van der Waals surface area contributed by atoms with E-state index < -0.39 is 10.8 Å². The Morgan fingerprint density at radius 2 is 2.00 bits per heavy atom. The number of benzene rings is 2. The Kier molecular flexibility index (Phi) is 6.56. The minimum atomic E-state index is -0.625. The number of carbonyl (C=O) groups excluding carboxylic acids is 2. The summed E-state index contributed by atoms with van der Waals surface area (Å²) in [4.78, 5) is 33.4. The quantitative estimate of drug-likeness (QED) is 0.320. The summed E-state index contributed by atoms with van der Waals surface area (Å²) in [5, 5.41) is 21.5. The monoisotopic (exact) mass is 390 g/mol. The summed E-state index contributed by atoms with van der Waals surface area (Å²) in [5.74, 6) is -0.491. The van der Waals surface area contributed by atoms with Gasteiger partial charge in [-0.15, -0.1) is 5.11 Å². The van der Waals surface area contributed by atoms with Gasteiger partial charge in [0.1, 0.15) is 27.9 Å². The Bertz CT molecular complexity index is 930. The predicted octanol–water partition coefficient (Wildman–Crippen LogP) is 4.59. The molecule has 0 bridgehead atoms. The zero-order valence-corrected chi connectivity index (χ0v) is 15.2. The maximum Gasteiger partial charge on any atom is 0.290 e. The Labute approximate surface area is 159 Å². The van der Waals surface area contributed by atoms with Crippen LogP contribution in [-0.2, 0) is 9.59 Å². The summed E-state index contributed by atoms with van der Waals surface area (Å²) < 4.78 is 5.20. The number of rotatable bonds is 7. The van der Waals surface area contributed by atoms with Crippen molar-refractivity contribution in [3.63, 3.8) is 0 Å². The van der Waals surface area contributed by atoms with Gasteiger partial charge in [-0.05, 0) is 31.2 Å². The zero-order valence-electron chi connectivity index (χ0n) is 14.4. The van der Waals surface area contributed by atoms with E-state index in [9.17, 15) is 19.7 Å². The predicted molar refractivity (Wildman–Crippen MR) is 99.2 cm³/mol. The van der Waals surface area contributed by atoms with E-state index in [1.165, 1.54) is 32.2 Å². The van der Waals surface area contributed by atoms with Crippen molar-refractivity contribution in [1.82, 2.24) is 0 Å². The maximum absolute atomic E-state index is 11.9. The first-order chi connectivity index (χ1) is 12.8. The summed E-state index contributed by atoms with van der Waals surface area (Å²) in [7, 11) is 1.42. The number of nitrogens with zero attached hydrogens (tertiary/aromatic N) is 3. The third-order valence-electron chi connectivity index (χ3n) is 3.30. The average Bonchev–Trinajstić information content (AvgIpc) is 2.60. The highest BCUT2D eigenvalue weighted by Gasteiger charge is 2.15. The fourth-order valence-corrected chi connectivity index (χ4v) is 2.31. The third kappa shape index (κ3) is 5.32. The highest BCUT2D eigenvalue weighted by atomic mass is 35.5. The Balaban J connectivity index is 2.37. The molecule has 0 heterocycles. The van der Waals surface area contributed by atoms with E-state index in [1.54, 1.807) is 18.2 Å². The SMILES string of the molecule is COc1cccc(N=Nc2ccc(Cl)c([N+](=O)[O-])c2)c1NC(=O)CC(C)=O. The van der Waals surface area contributed by atoms with Crippen molar-refractivity contribution in [2.45, 2.75) is 13.3 Å². The van der Waals surface area contributed by atoms with Crippen molar-refractivity contribution in [2.75, 3.05) is 12.4 Å². The van der Waals surface area contributed by atoms with Crippen molar-refractivity contribution in [3.8, 4) is 5.75 Å². The number of Topliss-reactive ketones (excluding diaryl/α,β-unsaturated/α-hetero) is 1. The number of azo groups is 1. The number of carbonyl (C=O) groups is 2. The van der Waals surface area contributed by atoms with Crippen LogP contribution >= 0.6 is 11.6 Å². The van der Waals surface area contributed by atoms with Gasteiger partial charge in [0.15, 0.2) is 0 Å². The Hall–Kier alpha value is -3.33. The van der Waals surface area contributed by atoms with E-state index in [2.05, 4.69) is 15.5 Å². The topological polar surface area (TPSA) is 123 Å². The first kappa shape index (κ1) is 20.0. The molecule has 0 spiro atoms. The molecule has 0 radical (unpaired) electrons. The van der Waals surface area contributed by atoms with Crippen LogP contribution in [0, 0.1) is 10.1 Å². The molecule has 2 aromatic rings. The number of nitro benzene ring substituents is 1. The van der Waals surface area contributed by atoms with Crippen LogP contribution in [0.15, 0.2) is 46.6 Å².